The Morgan fingerprint density at radius 2 is 1.76 bits per heavy atom. The minimum absolute atomic E-state index is 0.136. The van der Waals surface area contributed by atoms with Crippen molar-refractivity contribution in [1.29, 1.82) is 0 Å². The third kappa shape index (κ3) is 3.64. The summed E-state index contributed by atoms with van der Waals surface area (Å²) in [5.41, 5.74) is 4.45. The molecular formula is C28H25N7O3. The Labute approximate surface area is 218 Å². The molecule has 2 N–H and O–H groups in total. The van der Waals surface area contributed by atoms with Gasteiger partial charge in [-0.3, -0.25) is 24.4 Å². The highest BCUT2D eigenvalue weighted by Gasteiger charge is 2.45. The standard InChI is InChI=1S/C28H25N7O3/c1-15-12-24(32-31-15)29-14-21-20-13-18(7-10-22(20)30-26(21)37)25(36)17-5-8-19(9-6-17)34-27(38)23-11-16(2)33-35(23)28(34,3)4/h5-14,21H,1-4H3,(H,30,37)(H,31,32). The minimum Gasteiger partial charge on any atom is -0.325 e. The lowest BCUT2D eigenvalue weighted by Gasteiger charge is -2.32. The number of amides is 2. The molecule has 2 aliphatic rings. The van der Waals surface area contributed by atoms with E-state index < -0.39 is 11.6 Å². The number of hydrogen-bond donors (Lipinski definition) is 2. The molecule has 0 spiro atoms. The summed E-state index contributed by atoms with van der Waals surface area (Å²) in [6, 6.07) is 15.7. The van der Waals surface area contributed by atoms with Crippen molar-refractivity contribution in [1.82, 2.24) is 20.0 Å². The van der Waals surface area contributed by atoms with E-state index in [1.54, 1.807) is 70.4 Å². The fourth-order valence-corrected chi connectivity index (χ4v) is 5.08. The number of aromatic amines is 1. The number of H-pyrrole nitrogens is 1. The zero-order chi connectivity index (χ0) is 26.8. The molecule has 0 bridgehead atoms. The highest BCUT2D eigenvalue weighted by molar-refractivity contribution is 6.15. The zero-order valence-corrected chi connectivity index (χ0v) is 21.3. The molecule has 0 radical (unpaired) electrons. The smallest absolute Gasteiger partial charge is 0.278 e. The lowest BCUT2D eigenvalue weighted by atomic mass is 9.96. The van der Waals surface area contributed by atoms with E-state index in [-0.39, 0.29) is 17.6 Å². The second-order valence-electron chi connectivity index (χ2n) is 10.1. The molecule has 0 fully saturated rings. The van der Waals surface area contributed by atoms with Crippen molar-refractivity contribution in [3.8, 4) is 0 Å². The summed E-state index contributed by atoms with van der Waals surface area (Å²) in [6.45, 7) is 7.59. The van der Waals surface area contributed by atoms with Crippen molar-refractivity contribution >= 4 is 41.0 Å². The number of fused-ring (bicyclic) bond motifs is 2. The first kappa shape index (κ1) is 23.5. The molecule has 6 rings (SSSR count). The number of aryl methyl sites for hydroxylation is 2. The Bertz CT molecular complexity index is 1660. The number of ketones is 1. The van der Waals surface area contributed by atoms with Crippen LogP contribution in [0.1, 0.15) is 63.1 Å². The first-order chi connectivity index (χ1) is 18.1. The molecule has 10 heteroatoms. The lowest BCUT2D eigenvalue weighted by Crippen LogP contribution is -2.43. The van der Waals surface area contributed by atoms with Crippen LogP contribution in [0, 0.1) is 13.8 Å². The summed E-state index contributed by atoms with van der Waals surface area (Å²) in [4.78, 5) is 45.1. The third-order valence-corrected chi connectivity index (χ3v) is 6.94. The molecule has 0 saturated carbocycles. The molecule has 2 aliphatic heterocycles. The Hall–Kier alpha value is -4.86. The summed E-state index contributed by atoms with van der Waals surface area (Å²) >= 11 is 0. The van der Waals surface area contributed by atoms with Crippen LogP contribution < -0.4 is 10.2 Å². The molecule has 190 valence electrons. The van der Waals surface area contributed by atoms with E-state index in [9.17, 15) is 14.4 Å². The van der Waals surface area contributed by atoms with Crippen LogP contribution in [0.15, 0.2) is 59.6 Å². The summed E-state index contributed by atoms with van der Waals surface area (Å²) in [7, 11) is 0. The van der Waals surface area contributed by atoms with E-state index in [0.717, 1.165) is 11.4 Å². The number of aromatic nitrogens is 4. The number of carbonyl (C=O) groups is 3. The lowest BCUT2D eigenvalue weighted by molar-refractivity contribution is -0.115. The number of hydrogen-bond acceptors (Lipinski definition) is 6. The second kappa shape index (κ2) is 8.34. The van der Waals surface area contributed by atoms with E-state index in [1.807, 2.05) is 27.7 Å². The van der Waals surface area contributed by atoms with Gasteiger partial charge < -0.3 is 5.32 Å². The van der Waals surface area contributed by atoms with Gasteiger partial charge >= 0.3 is 0 Å². The van der Waals surface area contributed by atoms with Gasteiger partial charge in [-0.2, -0.15) is 10.2 Å². The molecular weight excluding hydrogens is 482 g/mol. The van der Waals surface area contributed by atoms with Gasteiger partial charge in [-0.05, 0) is 81.8 Å². The molecule has 0 saturated heterocycles. The predicted octanol–water partition coefficient (Wildman–Crippen LogP) is 4.25. The van der Waals surface area contributed by atoms with Gasteiger partial charge in [-0.25, -0.2) is 9.67 Å². The van der Waals surface area contributed by atoms with Crippen molar-refractivity contribution in [2.24, 2.45) is 4.99 Å². The summed E-state index contributed by atoms with van der Waals surface area (Å²) in [6.07, 6.45) is 1.54. The number of nitrogens with one attached hydrogen (secondary N) is 2. The SMILES string of the molecule is Cc1cc2n(n1)C(C)(C)N(c1ccc(C(=O)c3ccc4c(c3)C(C=Nc3cc(C)[nH]n3)C(=O)N4)cc1)C2=O. The van der Waals surface area contributed by atoms with Gasteiger partial charge in [0.2, 0.25) is 5.91 Å². The Morgan fingerprint density at radius 1 is 1.03 bits per heavy atom. The van der Waals surface area contributed by atoms with E-state index in [1.165, 1.54) is 0 Å². The molecule has 4 aromatic rings. The first-order valence-corrected chi connectivity index (χ1v) is 12.2. The summed E-state index contributed by atoms with van der Waals surface area (Å²) in [5, 5.41) is 14.2. The van der Waals surface area contributed by atoms with Crippen LogP contribution in [0.2, 0.25) is 0 Å². The van der Waals surface area contributed by atoms with Crippen LogP contribution in [0.5, 0.6) is 0 Å². The number of nitrogens with zero attached hydrogens (tertiary/aromatic N) is 5. The fourth-order valence-electron chi connectivity index (χ4n) is 5.08. The number of benzene rings is 2. The molecule has 10 nitrogen and oxygen atoms in total. The van der Waals surface area contributed by atoms with Gasteiger partial charge in [-0.1, -0.05) is 0 Å². The molecule has 1 atom stereocenters. The number of rotatable bonds is 5. The van der Waals surface area contributed by atoms with Crippen molar-refractivity contribution < 1.29 is 14.4 Å². The normalized spacial score (nSPS) is 17.7. The van der Waals surface area contributed by atoms with Gasteiger partial charge in [0.25, 0.3) is 5.91 Å². The number of anilines is 2. The molecule has 0 aliphatic carbocycles. The van der Waals surface area contributed by atoms with E-state index >= 15 is 0 Å². The van der Waals surface area contributed by atoms with Crippen LogP contribution in [0.3, 0.4) is 0 Å². The third-order valence-electron chi connectivity index (χ3n) is 6.94. The molecule has 2 aromatic heterocycles. The van der Waals surface area contributed by atoms with Gasteiger partial charge in [0.15, 0.2) is 11.6 Å². The van der Waals surface area contributed by atoms with Crippen LogP contribution in [-0.2, 0) is 10.5 Å². The molecule has 1 unspecified atom stereocenters. The Balaban J connectivity index is 1.25. The Kier molecular flexibility index (Phi) is 5.16. The van der Waals surface area contributed by atoms with Gasteiger partial charge in [-0.15, -0.1) is 0 Å². The minimum atomic E-state index is -0.684. The molecule has 38 heavy (non-hydrogen) atoms. The van der Waals surface area contributed by atoms with Crippen LogP contribution >= 0.6 is 0 Å². The average molecular weight is 508 g/mol. The summed E-state index contributed by atoms with van der Waals surface area (Å²) < 4.78 is 1.73. The maximum absolute atomic E-state index is 13.4. The number of carbonyl (C=O) groups excluding carboxylic acids is 3. The Morgan fingerprint density at radius 3 is 2.45 bits per heavy atom. The van der Waals surface area contributed by atoms with Crippen LogP contribution in [0.4, 0.5) is 17.2 Å². The molecule has 2 amide bonds. The molecule has 2 aromatic carbocycles. The average Bonchev–Trinajstić information content (AvgIpc) is 3.61. The van der Waals surface area contributed by atoms with Crippen LogP contribution in [-0.4, -0.2) is 43.8 Å². The highest BCUT2D eigenvalue weighted by atomic mass is 16.2. The first-order valence-electron chi connectivity index (χ1n) is 12.2. The summed E-state index contributed by atoms with van der Waals surface area (Å²) in [5.74, 6) is -0.681. The number of aliphatic imine (C=N–C) groups is 1. The predicted molar refractivity (Wildman–Crippen MR) is 142 cm³/mol. The van der Waals surface area contributed by atoms with Crippen LogP contribution in [0.25, 0.3) is 0 Å². The second-order valence-corrected chi connectivity index (χ2v) is 10.1. The maximum atomic E-state index is 13.4. The van der Waals surface area contributed by atoms with Gasteiger partial charge in [0.1, 0.15) is 17.3 Å². The van der Waals surface area contributed by atoms with Crippen molar-refractivity contribution in [3.05, 3.63) is 88.4 Å². The highest BCUT2D eigenvalue weighted by Crippen LogP contribution is 2.37. The van der Waals surface area contributed by atoms with E-state index in [2.05, 4.69) is 25.6 Å². The van der Waals surface area contributed by atoms with E-state index in [0.29, 0.717) is 39.6 Å². The van der Waals surface area contributed by atoms with Gasteiger partial charge in [0, 0.05) is 40.5 Å². The topological polar surface area (TPSA) is 125 Å². The largest absolute Gasteiger partial charge is 0.325 e. The van der Waals surface area contributed by atoms with Crippen molar-refractivity contribution in [2.45, 2.75) is 39.3 Å². The van der Waals surface area contributed by atoms with Crippen molar-refractivity contribution in [3.63, 3.8) is 0 Å². The maximum Gasteiger partial charge on any atom is 0.278 e. The quantitative estimate of drug-likeness (QED) is 0.309. The zero-order valence-electron chi connectivity index (χ0n) is 21.3. The van der Waals surface area contributed by atoms with Crippen molar-refractivity contribution in [2.75, 3.05) is 10.2 Å². The van der Waals surface area contributed by atoms with Gasteiger partial charge in [0.05, 0.1) is 5.69 Å². The monoisotopic (exact) mass is 507 g/mol. The van der Waals surface area contributed by atoms with E-state index in [4.69, 9.17) is 0 Å². The fraction of sp³-hybridized carbons (Fsp3) is 0.214. The molecule has 4 heterocycles.